The molecule has 0 unspecified atom stereocenters. The van der Waals surface area contributed by atoms with Crippen LogP contribution in [0.25, 0.3) is 11.3 Å². The van der Waals surface area contributed by atoms with Gasteiger partial charge in [-0.25, -0.2) is 9.97 Å². The quantitative estimate of drug-likeness (QED) is 0.463. The fraction of sp³-hybridized carbons (Fsp3) is 0.227. The molecule has 0 aliphatic heterocycles. The van der Waals surface area contributed by atoms with Crippen LogP contribution in [0.3, 0.4) is 0 Å². The fourth-order valence-corrected chi connectivity index (χ4v) is 3.09. The molecular formula is C22H22N4S. The third kappa shape index (κ3) is 4.29. The number of rotatable bonds is 4. The smallest absolute Gasteiger partial charge is 0.189 e. The van der Waals surface area contributed by atoms with Gasteiger partial charge in [0.2, 0.25) is 0 Å². The Kier molecular flexibility index (Phi) is 5.48. The van der Waals surface area contributed by atoms with Crippen LogP contribution in [-0.2, 0) is 5.41 Å². The van der Waals surface area contributed by atoms with Gasteiger partial charge < -0.3 is 5.32 Å². The van der Waals surface area contributed by atoms with Gasteiger partial charge >= 0.3 is 0 Å². The number of hydrogen-bond acceptors (Lipinski definition) is 5. The van der Waals surface area contributed by atoms with Crippen molar-refractivity contribution in [3.63, 3.8) is 0 Å². The van der Waals surface area contributed by atoms with Crippen molar-refractivity contribution >= 4 is 23.3 Å². The van der Waals surface area contributed by atoms with E-state index in [1.165, 1.54) is 17.3 Å². The summed E-state index contributed by atoms with van der Waals surface area (Å²) in [7, 11) is 0. The maximum atomic E-state index is 9.78. The molecule has 0 aliphatic carbocycles. The number of anilines is 2. The number of hydrogen-bond donors (Lipinski definition) is 1. The molecule has 0 fully saturated rings. The summed E-state index contributed by atoms with van der Waals surface area (Å²) in [5.41, 5.74) is 4.23. The first-order valence-electron chi connectivity index (χ1n) is 8.71. The molecule has 5 heteroatoms. The molecule has 27 heavy (non-hydrogen) atoms. The van der Waals surface area contributed by atoms with E-state index in [2.05, 4.69) is 54.3 Å². The average molecular weight is 375 g/mol. The second-order valence-electron chi connectivity index (χ2n) is 7.21. The second kappa shape index (κ2) is 7.81. The summed E-state index contributed by atoms with van der Waals surface area (Å²) in [5, 5.41) is 13.7. The predicted molar refractivity (Wildman–Crippen MR) is 112 cm³/mol. The maximum absolute atomic E-state index is 9.78. The molecule has 0 amide bonds. The Morgan fingerprint density at radius 1 is 0.963 bits per heavy atom. The van der Waals surface area contributed by atoms with Crippen LogP contribution in [0, 0.1) is 11.3 Å². The molecule has 0 saturated carbocycles. The zero-order valence-corrected chi connectivity index (χ0v) is 16.8. The number of aromatic nitrogens is 2. The SMILES string of the molecule is CSc1nc(Nc2ccc(C(C)(C)C)cc2)c(C#N)c(-c2ccccc2)n1. The number of benzene rings is 2. The van der Waals surface area contributed by atoms with Crippen LogP contribution >= 0.6 is 11.8 Å². The molecular weight excluding hydrogens is 352 g/mol. The van der Waals surface area contributed by atoms with E-state index < -0.39 is 0 Å². The molecule has 1 heterocycles. The monoisotopic (exact) mass is 374 g/mol. The highest BCUT2D eigenvalue weighted by molar-refractivity contribution is 7.98. The second-order valence-corrected chi connectivity index (χ2v) is 7.99. The van der Waals surface area contributed by atoms with Crippen LogP contribution in [0.5, 0.6) is 0 Å². The number of nitrogens with one attached hydrogen (secondary N) is 1. The van der Waals surface area contributed by atoms with Crippen molar-refractivity contribution in [2.24, 2.45) is 0 Å². The van der Waals surface area contributed by atoms with E-state index in [4.69, 9.17) is 0 Å². The van der Waals surface area contributed by atoms with Crippen molar-refractivity contribution < 1.29 is 0 Å². The standard InChI is InChI=1S/C22H22N4S/c1-22(2,3)16-10-12-17(13-11-16)24-20-18(14-23)19(25-21(26-20)27-4)15-8-6-5-7-9-15/h5-13H,1-4H3,(H,24,25,26). The predicted octanol–water partition coefficient (Wildman–Crippen LogP) is 5.78. The fourth-order valence-electron chi connectivity index (χ4n) is 2.72. The number of thioether (sulfide) groups is 1. The lowest BCUT2D eigenvalue weighted by molar-refractivity contribution is 0.590. The number of nitriles is 1. The maximum Gasteiger partial charge on any atom is 0.189 e. The van der Waals surface area contributed by atoms with Gasteiger partial charge in [0.05, 0.1) is 5.69 Å². The third-order valence-corrected chi connectivity index (χ3v) is 4.79. The van der Waals surface area contributed by atoms with E-state index in [1.807, 2.05) is 48.7 Å². The summed E-state index contributed by atoms with van der Waals surface area (Å²) in [6, 6.07) is 20.2. The minimum absolute atomic E-state index is 0.0950. The third-order valence-electron chi connectivity index (χ3n) is 4.24. The van der Waals surface area contributed by atoms with E-state index in [0.717, 1.165) is 11.3 Å². The van der Waals surface area contributed by atoms with Crippen LogP contribution in [0.2, 0.25) is 0 Å². The topological polar surface area (TPSA) is 61.6 Å². The molecule has 0 saturated heterocycles. The zero-order valence-electron chi connectivity index (χ0n) is 15.9. The molecule has 0 aliphatic rings. The van der Waals surface area contributed by atoms with Gasteiger partial charge in [-0.2, -0.15) is 5.26 Å². The van der Waals surface area contributed by atoms with Crippen LogP contribution in [0.4, 0.5) is 11.5 Å². The molecule has 3 aromatic rings. The Morgan fingerprint density at radius 3 is 2.19 bits per heavy atom. The molecule has 3 rings (SSSR count). The van der Waals surface area contributed by atoms with Crippen molar-refractivity contribution in [1.82, 2.24) is 9.97 Å². The van der Waals surface area contributed by atoms with Gasteiger partial charge in [-0.3, -0.25) is 0 Å². The largest absolute Gasteiger partial charge is 0.339 e. The van der Waals surface area contributed by atoms with Crippen molar-refractivity contribution in [2.45, 2.75) is 31.3 Å². The van der Waals surface area contributed by atoms with Gasteiger partial charge in [0, 0.05) is 11.3 Å². The van der Waals surface area contributed by atoms with Crippen molar-refractivity contribution in [1.29, 1.82) is 5.26 Å². The van der Waals surface area contributed by atoms with E-state index in [-0.39, 0.29) is 5.41 Å². The van der Waals surface area contributed by atoms with Crippen LogP contribution in [0.1, 0.15) is 31.9 Å². The van der Waals surface area contributed by atoms with Crippen LogP contribution < -0.4 is 5.32 Å². The molecule has 0 bridgehead atoms. The normalized spacial score (nSPS) is 11.1. The summed E-state index contributed by atoms with van der Waals surface area (Å²) in [4.78, 5) is 9.10. The summed E-state index contributed by atoms with van der Waals surface area (Å²) in [6.07, 6.45) is 1.93. The Labute approximate surface area is 164 Å². The summed E-state index contributed by atoms with van der Waals surface area (Å²) in [6.45, 7) is 6.56. The molecule has 0 spiro atoms. The van der Waals surface area contributed by atoms with Gasteiger partial charge in [0.25, 0.3) is 0 Å². The van der Waals surface area contributed by atoms with Crippen molar-refractivity contribution in [2.75, 3.05) is 11.6 Å². The minimum atomic E-state index is 0.0950. The van der Waals surface area contributed by atoms with Crippen molar-refractivity contribution in [3.8, 4) is 17.3 Å². The summed E-state index contributed by atoms with van der Waals surface area (Å²) < 4.78 is 0. The van der Waals surface area contributed by atoms with E-state index >= 15 is 0 Å². The van der Waals surface area contributed by atoms with E-state index in [0.29, 0.717) is 22.2 Å². The van der Waals surface area contributed by atoms with Gasteiger partial charge in [-0.15, -0.1) is 0 Å². The number of nitrogens with zero attached hydrogens (tertiary/aromatic N) is 3. The zero-order chi connectivity index (χ0) is 19.4. The molecule has 4 nitrogen and oxygen atoms in total. The Balaban J connectivity index is 2.04. The lowest BCUT2D eigenvalue weighted by Crippen LogP contribution is -2.10. The van der Waals surface area contributed by atoms with Gasteiger partial charge in [0.15, 0.2) is 11.0 Å². The highest BCUT2D eigenvalue weighted by atomic mass is 32.2. The van der Waals surface area contributed by atoms with Crippen molar-refractivity contribution in [3.05, 3.63) is 65.7 Å². The summed E-state index contributed by atoms with van der Waals surface area (Å²) in [5.74, 6) is 0.527. The first-order chi connectivity index (χ1) is 12.9. The molecule has 0 atom stereocenters. The molecule has 136 valence electrons. The lowest BCUT2D eigenvalue weighted by atomic mass is 9.87. The first-order valence-corrected chi connectivity index (χ1v) is 9.94. The summed E-state index contributed by atoms with van der Waals surface area (Å²) >= 11 is 1.46. The molecule has 1 N–H and O–H groups in total. The van der Waals surface area contributed by atoms with Gasteiger partial charge in [-0.05, 0) is 29.4 Å². The molecule has 0 radical (unpaired) electrons. The highest BCUT2D eigenvalue weighted by Crippen LogP contribution is 2.30. The Morgan fingerprint density at radius 2 is 1.63 bits per heavy atom. The van der Waals surface area contributed by atoms with Crippen LogP contribution in [-0.4, -0.2) is 16.2 Å². The first kappa shape index (κ1) is 18.9. The lowest BCUT2D eigenvalue weighted by Gasteiger charge is -2.19. The Hall–Kier alpha value is -2.84. The molecule has 1 aromatic heterocycles. The van der Waals surface area contributed by atoms with Gasteiger partial charge in [-0.1, -0.05) is 75.0 Å². The van der Waals surface area contributed by atoms with E-state index in [1.54, 1.807) is 0 Å². The average Bonchev–Trinajstić information content (AvgIpc) is 2.67. The van der Waals surface area contributed by atoms with Gasteiger partial charge in [0.1, 0.15) is 11.6 Å². The van der Waals surface area contributed by atoms with E-state index in [9.17, 15) is 5.26 Å². The molecule has 2 aromatic carbocycles. The van der Waals surface area contributed by atoms with Crippen LogP contribution in [0.15, 0.2) is 59.8 Å². The minimum Gasteiger partial charge on any atom is -0.339 e. The Bertz CT molecular complexity index is 968. The highest BCUT2D eigenvalue weighted by Gasteiger charge is 2.17.